The van der Waals surface area contributed by atoms with Gasteiger partial charge in [0.15, 0.2) is 0 Å². The first-order chi connectivity index (χ1) is 21.1. The van der Waals surface area contributed by atoms with Gasteiger partial charge in [-0.1, -0.05) is 0 Å². The summed E-state index contributed by atoms with van der Waals surface area (Å²) in [4.78, 5) is 59.7. The highest BCUT2D eigenvalue weighted by Gasteiger charge is 2.32. The number of aromatic nitrogens is 1. The van der Waals surface area contributed by atoms with Crippen LogP contribution in [0.1, 0.15) is 98.1 Å². The van der Waals surface area contributed by atoms with Gasteiger partial charge in [0, 0.05) is 45.3 Å². The summed E-state index contributed by atoms with van der Waals surface area (Å²) in [5, 5.41) is 3.03. The minimum absolute atomic E-state index is 0.0429. The first-order valence-electron chi connectivity index (χ1n) is 16.2. The van der Waals surface area contributed by atoms with Crippen LogP contribution in [0.15, 0.2) is 18.5 Å². The maximum absolute atomic E-state index is 13.5. The summed E-state index contributed by atoms with van der Waals surface area (Å²) in [6.45, 7) is 13.8. The van der Waals surface area contributed by atoms with Gasteiger partial charge in [0.1, 0.15) is 23.6 Å². The van der Waals surface area contributed by atoms with Crippen molar-refractivity contribution in [1.29, 1.82) is 0 Å². The number of likely N-dealkylation sites (tertiary alicyclic amines) is 2. The van der Waals surface area contributed by atoms with Crippen molar-refractivity contribution >= 4 is 23.9 Å². The predicted molar refractivity (Wildman–Crippen MR) is 169 cm³/mol. The largest absolute Gasteiger partial charge is 0.491 e. The molecular weight excluding hydrogens is 578 g/mol. The second-order valence-electron chi connectivity index (χ2n) is 14.1. The molecule has 3 rings (SSSR count). The second kappa shape index (κ2) is 16.2. The zero-order valence-corrected chi connectivity index (χ0v) is 27.9. The number of carbonyl (C=O) groups is 4. The van der Waals surface area contributed by atoms with Crippen molar-refractivity contribution in [2.75, 3.05) is 39.3 Å². The van der Waals surface area contributed by atoms with E-state index in [-0.39, 0.29) is 24.3 Å². The van der Waals surface area contributed by atoms with Gasteiger partial charge in [-0.25, -0.2) is 4.79 Å². The fourth-order valence-electron chi connectivity index (χ4n) is 5.61. The van der Waals surface area contributed by atoms with Crippen LogP contribution in [0, 0.1) is 11.8 Å². The summed E-state index contributed by atoms with van der Waals surface area (Å²) < 4.78 is 16.6. The van der Waals surface area contributed by atoms with Gasteiger partial charge in [-0.2, -0.15) is 0 Å². The predicted octanol–water partition coefficient (Wildman–Crippen LogP) is 3.97. The molecule has 12 nitrogen and oxygen atoms in total. The number of nitrogens with two attached hydrogens (primary N) is 1. The molecule has 252 valence electrons. The van der Waals surface area contributed by atoms with E-state index in [1.165, 1.54) is 0 Å². The van der Waals surface area contributed by atoms with E-state index in [2.05, 4.69) is 10.3 Å². The van der Waals surface area contributed by atoms with Gasteiger partial charge in [0.2, 0.25) is 11.8 Å². The average molecular weight is 632 g/mol. The Morgan fingerprint density at radius 2 is 1.67 bits per heavy atom. The van der Waals surface area contributed by atoms with Crippen molar-refractivity contribution in [2.24, 2.45) is 17.6 Å². The van der Waals surface area contributed by atoms with E-state index in [1.54, 1.807) is 49.0 Å². The van der Waals surface area contributed by atoms with Gasteiger partial charge in [-0.05, 0) is 91.2 Å². The lowest BCUT2D eigenvalue weighted by molar-refractivity contribution is -0.155. The number of ether oxygens (including phenoxy) is 3. The molecule has 0 saturated carbocycles. The number of esters is 1. The second-order valence-corrected chi connectivity index (χ2v) is 14.1. The van der Waals surface area contributed by atoms with Crippen LogP contribution in [0.3, 0.4) is 0 Å². The van der Waals surface area contributed by atoms with Crippen molar-refractivity contribution in [3.8, 4) is 5.75 Å². The van der Waals surface area contributed by atoms with E-state index in [1.807, 2.05) is 20.8 Å². The maximum atomic E-state index is 13.5. The Morgan fingerprint density at radius 3 is 2.31 bits per heavy atom. The minimum Gasteiger partial charge on any atom is -0.491 e. The lowest BCUT2D eigenvalue weighted by Crippen LogP contribution is -2.46. The average Bonchev–Trinajstić information content (AvgIpc) is 2.97. The summed E-state index contributed by atoms with van der Waals surface area (Å²) in [6.07, 6.45) is 7.00. The van der Waals surface area contributed by atoms with Crippen molar-refractivity contribution < 1.29 is 33.4 Å². The van der Waals surface area contributed by atoms with Crippen LogP contribution in [0.5, 0.6) is 5.75 Å². The lowest BCUT2D eigenvalue weighted by Gasteiger charge is -2.35. The number of amides is 3. The molecule has 0 aromatic carbocycles. The number of hydrogen-bond donors (Lipinski definition) is 2. The maximum Gasteiger partial charge on any atom is 0.410 e. The molecule has 2 aliphatic heterocycles. The highest BCUT2D eigenvalue weighted by molar-refractivity contribution is 5.82. The third kappa shape index (κ3) is 12.5. The normalized spacial score (nSPS) is 18.6. The molecule has 12 heteroatoms. The van der Waals surface area contributed by atoms with Crippen molar-refractivity contribution in [3.63, 3.8) is 0 Å². The molecule has 1 unspecified atom stereocenters. The van der Waals surface area contributed by atoms with E-state index in [4.69, 9.17) is 19.9 Å². The summed E-state index contributed by atoms with van der Waals surface area (Å²) in [5.41, 5.74) is 4.98. The van der Waals surface area contributed by atoms with E-state index >= 15 is 0 Å². The zero-order chi connectivity index (χ0) is 33.2. The fourth-order valence-corrected chi connectivity index (χ4v) is 5.61. The van der Waals surface area contributed by atoms with E-state index < -0.39 is 29.1 Å². The Kier molecular flexibility index (Phi) is 13.0. The summed E-state index contributed by atoms with van der Waals surface area (Å²) >= 11 is 0. The first-order valence-corrected chi connectivity index (χ1v) is 16.2. The van der Waals surface area contributed by atoms with Crippen LogP contribution in [0.2, 0.25) is 0 Å². The van der Waals surface area contributed by atoms with Crippen LogP contribution in [0.4, 0.5) is 4.79 Å². The number of hydrogen-bond acceptors (Lipinski definition) is 9. The van der Waals surface area contributed by atoms with Crippen LogP contribution in [-0.2, 0) is 23.9 Å². The Bertz CT molecular complexity index is 1150. The van der Waals surface area contributed by atoms with Gasteiger partial charge in [-0.15, -0.1) is 0 Å². The van der Waals surface area contributed by atoms with Crippen LogP contribution in [-0.4, -0.2) is 89.2 Å². The summed E-state index contributed by atoms with van der Waals surface area (Å²) in [5.74, 6) is -0.163. The molecule has 2 saturated heterocycles. The number of piperidine rings is 2. The Morgan fingerprint density at radius 1 is 0.978 bits per heavy atom. The molecule has 3 heterocycles. The van der Waals surface area contributed by atoms with E-state index in [0.717, 1.165) is 25.7 Å². The molecule has 1 aromatic rings. The SMILES string of the molecule is CC(C)(C)OC(=O)CC(NC(=O)[C@@H]1CCCN(C(=O)CCC2CCN(C(=O)OC(C)(C)C)CC2)C1)c1cncc(OCCN)c1. The molecule has 0 radical (unpaired) electrons. The molecule has 2 atom stereocenters. The fraction of sp³-hybridized carbons (Fsp3) is 0.727. The lowest BCUT2D eigenvalue weighted by atomic mass is 9.91. The van der Waals surface area contributed by atoms with Gasteiger partial charge in [-0.3, -0.25) is 19.4 Å². The molecular formula is C33H53N5O7. The third-order valence-electron chi connectivity index (χ3n) is 7.81. The molecule has 1 aromatic heterocycles. The quantitative estimate of drug-likeness (QED) is 0.345. The molecule has 0 aliphatic carbocycles. The first kappa shape index (κ1) is 36.1. The molecule has 0 bridgehead atoms. The van der Waals surface area contributed by atoms with Crippen LogP contribution in [0.25, 0.3) is 0 Å². The van der Waals surface area contributed by atoms with Gasteiger partial charge in [0.05, 0.1) is 24.6 Å². The summed E-state index contributed by atoms with van der Waals surface area (Å²) in [6, 6.07) is 1.06. The Labute approximate surface area is 267 Å². The third-order valence-corrected chi connectivity index (χ3v) is 7.81. The molecule has 0 spiro atoms. The smallest absolute Gasteiger partial charge is 0.410 e. The number of carbonyl (C=O) groups excluding carboxylic acids is 4. The topological polar surface area (TPSA) is 153 Å². The van der Waals surface area contributed by atoms with E-state index in [0.29, 0.717) is 69.4 Å². The molecule has 2 aliphatic rings. The van der Waals surface area contributed by atoms with Crippen molar-refractivity contribution in [2.45, 2.75) is 104 Å². The summed E-state index contributed by atoms with van der Waals surface area (Å²) in [7, 11) is 0. The number of nitrogens with one attached hydrogen (secondary N) is 1. The Hall–Kier alpha value is -3.41. The van der Waals surface area contributed by atoms with Crippen LogP contribution < -0.4 is 15.8 Å². The Balaban J connectivity index is 1.56. The number of rotatable bonds is 11. The standard InChI is InChI=1S/C33H53N5O7/c1-32(2,3)44-29(40)19-27(25-18-26(21-35-20-25)43-17-13-34)36-30(41)24-8-7-14-38(22-24)28(39)10-9-23-11-15-37(16-12-23)31(42)45-33(4,5)6/h18,20-21,23-24,27H,7-17,19,22,34H2,1-6H3,(H,36,41)/t24-,27?/m1/s1. The van der Waals surface area contributed by atoms with Crippen molar-refractivity contribution in [1.82, 2.24) is 20.1 Å². The monoisotopic (exact) mass is 631 g/mol. The zero-order valence-electron chi connectivity index (χ0n) is 27.9. The van der Waals surface area contributed by atoms with Crippen LogP contribution >= 0.6 is 0 Å². The number of pyridine rings is 1. The molecule has 3 amide bonds. The minimum atomic E-state index is -0.682. The van der Waals surface area contributed by atoms with Crippen molar-refractivity contribution in [3.05, 3.63) is 24.0 Å². The van der Waals surface area contributed by atoms with Gasteiger partial charge >= 0.3 is 12.1 Å². The van der Waals surface area contributed by atoms with E-state index in [9.17, 15) is 19.2 Å². The van der Waals surface area contributed by atoms with Gasteiger partial charge < -0.3 is 35.1 Å². The molecule has 45 heavy (non-hydrogen) atoms. The van der Waals surface area contributed by atoms with Gasteiger partial charge in [0.25, 0.3) is 0 Å². The highest BCUT2D eigenvalue weighted by Crippen LogP contribution is 2.27. The molecule has 3 N–H and O–H groups in total. The highest BCUT2D eigenvalue weighted by atomic mass is 16.6. The number of nitrogens with zero attached hydrogens (tertiary/aromatic N) is 3. The molecule has 2 fully saturated rings.